The van der Waals surface area contributed by atoms with Crippen molar-refractivity contribution in [2.45, 2.75) is 82.7 Å². The summed E-state index contributed by atoms with van der Waals surface area (Å²) >= 11 is 0. The molecule has 1 unspecified atom stereocenters. The molecular formula is C30H38F3N3O4. The maximum Gasteiger partial charge on any atom is 0.573 e. The first kappa shape index (κ1) is 28.7. The molecule has 2 atom stereocenters. The monoisotopic (exact) mass is 561 g/mol. The first-order valence-electron chi connectivity index (χ1n) is 14.4. The number of pyridine rings is 1. The smallest absolute Gasteiger partial charge is 0.480 e. The summed E-state index contributed by atoms with van der Waals surface area (Å²) in [5, 5.41) is 13.5. The maximum absolute atomic E-state index is 13.1. The normalized spacial score (nSPS) is 20.1. The van der Waals surface area contributed by atoms with Crippen LogP contribution in [0.2, 0.25) is 0 Å². The Morgan fingerprint density at radius 2 is 2.00 bits per heavy atom. The van der Waals surface area contributed by atoms with E-state index in [1.807, 2.05) is 0 Å². The highest BCUT2D eigenvalue weighted by atomic mass is 19.4. The second-order valence-electron chi connectivity index (χ2n) is 11.2. The molecule has 5 rings (SSSR count). The van der Waals surface area contributed by atoms with Crippen LogP contribution in [-0.2, 0) is 28.8 Å². The van der Waals surface area contributed by atoms with Crippen molar-refractivity contribution in [3.05, 3.63) is 52.7 Å². The van der Waals surface area contributed by atoms with Crippen molar-refractivity contribution < 1.29 is 32.5 Å². The van der Waals surface area contributed by atoms with Crippen molar-refractivity contribution in [3.63, 3.8) is 0 Å². The van der Waals surface area contributed by atoms with Crippen molar-refractivity contribution in [3.8, 4) is 5.75 Å². The number of aromatic nitrogens is 1. The first-order valence-corrected chi connectivity index (χ1v) is 14.4. The van der Waals surface area contributed by atoms with E-state index in [4.69, 9.17) is 9.72 Å². The Bertz CT molecular complexity index is 1170. The molecule has 0 bridgehead atoms. The quantitative estimate of drug-likeness (QED) is 0.294. The summed E-state index contributed by atoms with van der Waals surface area (Å²) in [7, 11) is 0. The molecule has 7 nitrogen and oxygen atoms in total. The molecule has 218 valence electrons. The number of carboxylic acids is 1. The van der Waals surface area contributed by atoms with E-state index in [0.717, 1.165) is 81.4 Å². The highest BCUT2D eigenvalue weighted by Crippen LogP contribution is 2.38. The number of hydrogen-bond acceptors (Lipinski definition) is 6. The molecule has 0 radical (unpaired) electrons. The standard InChI is InChI=1S/C30H38F3N3O4/c31-30(32,33)40-26-12-9-21(17-20-7-8-20)18-25(26)27(29(37)38)36-15-13-24(19-36)39-16-3-1-2-6-23-11-10-22-5-4-14-34-28(22)35-23/h9-12,18,20,24,27H,1-8,13-17,19H2,(H,34,35)(H,37,38)/t24-,27?/m1/s1. The van der Waals surface area contributed by atoms with Gasteiger partial charge in [-0.2, -0.15) is 0 Å². The minimum atomic E-state index is -4.90. The van der Waals surface area contributed by atoms with Gasteiger partial charge < -0.3 is 19.9 Å². The molecule has 2 N–H and O–H groups in total. The summed E-state index contributed by atoms with van der Waals surface area (Å²) in [6.45, 7) is 2.32. The average molecular weight is 562 g/mol. The van der Waals surface area contributed by atoms with Crippen LogP contribution >= 0.6 is 0 Å². The molecule has 0 amide bonds. The molecule has 10 heteroatoms. The Morgan fingerprint density at radius 1 is 1.15 bits per heavy atom. The van der Waals surface area contributed by atoms with E-state index in [1.165, 1.54) is 11.6 Å². The van der Waals surface area contributed by atoms with Crippen LogP contribution in [-0.4, -0.2) is 59.7 Å². The lowest BCUT2D eigenvalue weighted by Gasteiger charge is -2.27. The molecule has 1 saturated carbocycles. The Labute approximate surface area is 233 Å². The number of benzene rings is 1. The van der Waals surface area contributed by atoms with E-state index >= 15 is 0 Å². The van der Waals surface area contributed by atoms with Gasteiger partial charge in [0.1, 0.15) is 17.6 Å². The topological polar surface area (TPSA) is 83.9 Å². The van der Waals surface area contributed by atoms with Gasteiger partial charge in [0.15, 0.2) is 0 Å². The average Bonchev–Trinajstić information content (AvgIpc) is 3.61. The fourth-order valence-electron chi connectivity index (χ4n) is 5.76. The van der Waals surface area contributed by atoms with E-state index in [0.29, 0.717) is 32.0 Å². The molecule has 3 heterocycles. The molecule has 2 fully saturated rings. The molecule has 1 saturated heterocycles. The zero-order valence-electron chi connectivity index (χ0n) is 22.7. The highest BCUT2D eigenvalue weighted by molar-refractivity contribution is 5.77. The number of carbonyl (C=O) groups is 1. The molecule has 1 aromatic heterocycles. The molecule has 3 aliphatic rings. The number of alkyl halides is 3. The Kier molecular flexibility index (Phi) is 9.15. The predicted molar refractivity (Wildman–Crippen MR) is 144 cm³/mol. The van der Waals surface area contributed by atoms with Crippen LogP contribution in [0.4, 0.5) is 19.0 Å². The van der Waals surface area contributed by atoms with Gasteiger partial charge in [0.25, 0.3) is 0 Å². The SMILES string of the molecule is O=C(O)C(c1cc(CC2CC2)ccc1OC(F)(F)F)N1CC[C@@H](OCCCCCc2ccc3c(n2)NCCC3)C1. The van der Waals surface area contributed by atoms with E-state index in [2.05, 4.69) is 22.2 Å². The van der Waals surface area contributed by atoms with E-state index < -0.39 is 24.1 Å². The third-order valence-electron chi connectivity index (χ3n) is 7.97. The van der Waals surface area contributed by atoms with Crippen molar-refractivity contribution in [2.24, 2.45) is 5.92 Å². The van der Waals surface area contributed by atoms with Gasteiger partial charge in [0, 0.05) is 37.5 Å². The lowest BCUT2D eigenvalue weighted by molar-refractivity contribution is -0.275. The van der Waals surface area contributed by atoms with Gasteiger partial charge >= 0.3 is 12.3 Å². The molecule has 0 spiro atoms. The van der Waals surface area contributed by atoms with Gasteiger partial charge in [-0.25, -0.2) is 4.98 Å². The Balaban J connectivity index is 1.11. The number of nitrogens with zero attached hydrogens (tertiary/aromatic N) is 2. The predicted octanol–water partition coefficient (Wildman–Crippen LogP) is 5.92. The van der Waals surface area contributed by atoms with Gasteiger partial charge in [0.05, 0.1) is 6.10 Å². The summed E-state index contributed by atoms with van der Waals surface area (Å²) in [5.74, 6) is -0.110. The van der Waals surface area contributed by atoms with Crippen LogP contribution < -0.4 is 10.1 Å². The Hall–Kier alpha value is -2.85. The lowest BCUT2D eigenvalue weighted by Crippen LogP contribution is -2.34. The minimum absolute atomic E-state index is 0.0506. The van der Waals surface area contributed by atoms with Crippen molar-refractivity contribution >= 4 is 11.8 Å². The van der Waals surface area contributed by atoms with Gasteiger partial charge in [-0.3, -0.25) is 9.69 Å². The largest absolute Gasteiger partial charge is 0.573 e. The number of aryl methyl sites for hydroxylation is 2. The van der Waals surface area contributed by atoms with Gasteiger partial charge in [-0.1, -0.05) is 18.6 Å². The first-order chi connectivity index (χ1) is 19.2. The van der Waals surface area contributed by atoms with Crippen molar-refractivity contribution in [1.29, 1.82) is 0 Å². The third kappa shape index (κ3) is 7.87. The lowest BCUT2D eigenvalue weighted by atomic mass is 9.99. The molecular weight excluding hydrogens is 523 g/mol. The molecule has 2 aromatic rings. The van der Waals surface area contributed by atoms with E-state index in [1.54, 1.807) is 17.0 Å². The number of carboxylic acid groups (broad SMARTS) is 1. The zero-order valence-corrected chi connectivity index (χ0v) is 22.7. The molecule has 40 heavy (non-hydrogen) atoms. The number of aliphatic carboxylic acids is 1. The molecule has 2 aliphatic heterocycles. The minimum Gasteiger partial charge on any atom is -0.480 e. The van der Waals surface area contributed by atoms with Crippen LogP contribution in [0.1, 0.15) is 73.4 Å². The van der Waals surface area contributed by atoms with Crippen molar-refractivity contribution in [2.75, 3.05) is 31.6 Å². The van der Waals surface area contributed by atoms with Crippen LogP contribution in [0.3, 0.4) is 0 Å². The zero-order chi connectivity index (χ0) is 28.1. The highest BCUT2D eigenvalue weighted by Gasteiger charge is 2.39. The fraction of sp³-hybridized carbons (Fsp3) is 0.600. The number of halogens is 3. The number of ether oxygens (including phenoxy) is 2. The number of likely N-dealkylation sites (tertiary alicyclic amines) is 1. The number of anilines is 1. The summed E-state index contributed by atoms with van der Waals surface area (Å²) in [6, 6.07) is 7.50. The number of rotatable bonds is 13. The summed E-state index contributed by atoms with van der Waals surface area (Å²) < 4.78 is 49.7. The van der Waals surface area contributed by atoms with Crippen LogP contribution in [0.15, 0.2) is 30.3 Å². The van der Waals surface area contributed by atoms with Crippen molar-refractivity contribution in [1.82, 2.24) is 9.88 Å². The molecule has 1 aromatic carbocycles. The summed E-state index contributed by atoms with van der Waals surface area (Å²) in [4.78, 5) is 18.8. The third-order valence-corrected chi connectivity index (χ3v) is 7.97. The van der Waals surface area contributed by atoms with E-state index in [9.17, 15) is 23.1 Å². The van der Waals surface area contributed by atoms with Gasteiger partial charge in [0.2, 0.25) is 0 Å². The van der Waals surface area contributed by atoms with Crippen LogP contribution in [0, 0.1) is 5.92 Å². The summed E-state index contributed by atoms with van der Waals surface area (Å²) in [6.07, 6.45) is 4.50. The Morgan fingerprint density at radius 3 is 2.77 bits per heavy atom. The number of hydrogen-bond donors (Lipinski definition) is 2. The van der Waals surface area contributed by atoms with E-state index in [-0.39, 0.29) is 11.7 Å². The maximum atomic E-state index is 13.1. The second-order valence-corrected chi connectivity index (χ2v) is 11.2. The fourth-order valence-corrected chi connectivity index (χ4v) is 5.76. The van der Waals surface area contributed by atoms with Crippen LogP contribution in [0.5, 0.6) is 5.75 Å². The number of nitrogens with one attached hydrogen (secondary N) is 1. The second kappa shape index (κ2) is 12.8. The number of unbranched alkanes of at least 4 members (excludes halogenated alkanes) is 2. The molecule has 1 aliphatic carbocycles. The van der Waals surface area contributed by atoms with Gasteiger partial charge in [-0.15, -0.1) is 13.2 Å². The summed E-state index contributed by atoms with van der Waals surface area (Å²) in [5.41, 5.74) is 3.27. The van der Waals surface area contributed by atoms with Crippen LogP contribution in [0.25, 0.3) is 0 Å². The number of fused-ring (bicyclic) bond motifs is 1. The van der Waals surface area contributed by atoms with Gasteiger partial charge in [-0.05, 0) is 93.0 Å².